The quantitative estimate of drug-likeness (QED) is 0.574. The van der Waals surface area contributed by atoms with Crippen molar-refractivity contribution < 1.29 is 17.9 Å². The Morgan fingerprint density at radius 2 is 2.22 bits per heavy atom. The molecule has 0 aliphatic heterocycles. The Morgan fingerprint density at radius 3 is 2.83 bits per heavy atom. The summed E-state index contributed by atoms with van der Waals surface area (Å²) in [6, 6.07) is 3.21. The first kappa shape index (κ1) is 17.2. The van der Waals surface area contributed by atoms with Gasteiger partial charge in [-0.1, -0.05) is 11.6 Å². The molecule has 0 saturated heterocycles. The zero-order chi connectivity index (χ0) is 17.2. The van der Waals surface area contributed by atoms with Crippen LogP contribution >= 0.6 is 11.6 Å². The van der Waals surface area contributed by atoms with Gasteiger partial charge in [-0.25, -0.2) is 13.1 Å². The Morgan fingerprint density at radius 1 is 1.52 bits per heavy atom. The molecule has 23 heavy (non-hydrogen) atoms. The van der Waals surface area contributed by atoms with E-state index in [1.807, 2.05) is 0 Å². The van der Waals surface area contributed by atoms with Crippen LogP contribution in [-0.2, 0) is 14.6 Å². The van der Waals surface area contributed by atoms with E-state index in [9.17, 15) is 18.4 Å². The van der Waals surface area contributed by atoms with Gasteiger partial charge in [0.15, 0.2) is 11.3 Å². The molecule has 0 N–H and O–H groups in total. The molecule has 2 aromatic rings. The number of carbonyl (C=O) groups is 1. The molecule has 0 aliphatic rings. The third-order valence-corrected chi connectivity index (χ3v) is 4.31. The summed E-state index contributed by atoms with van der Waals surface area (Å²) in [5.41, 5.74) is 0.805. The topological polar surface area (TPSA) is 99.2 Å². The second-order valence-corrected chi connectivity index (χ2v) is 7.62. The Kier molecular flexibility index (Phi) is 4.90. The highest BCUT2D eigenvalue weighted by atomic mass is 35.5. The second kappa shape index (κ2) is 6.55. The van der Waals surface area contributed by atoms with Gasteiger partial charge in [0.1, 0.15) is 21.2 Å². The average Bonchev–Trinajstić information content (AvgIpc) is 2.85. The number of rotatable bonds is 5. The van der Waals surface area contributed by atoms with E-state index in [2.05, 4.69) is 5.10 Å². The van der Waals surface area contributed by atoms with E-state index >= 15 is 0 Å². The first-order valence-electron chi connectivity index (χ1n) is 6.56. The molecule has 2 rings (SSSR count). The highest BCUT2D eigenvalue weighted by molar-refractivity contribution is 7.90. The zero-order valence-corrected chi connectivity index (χ0v) is 14.1. The number of aromatic nitrogens is 3. The van der Waals surface area contributed by atoms with Crippen LogP contribution in [0, 0.1) is 5.21 Å². The van der Waals surface area contributed by atoms with Crippen LogP contribution in [0.1, 0.15) is 6.42 Å². The van der Waals surface area contributed by atoms with Crippen molar-refractivity contribution >= 4 is 33.0 Å². The molecule has 2 heterocycles. The smallest absolute Gasteiger partial charge is 0.227 e. The summed E-state index contributed by atoms with van der Waals surface area (Å²) in [6.45, 7) is 0. The van der Waals surface area contributed by atoms with Crippen molar-refractivity contribution in [3.8, 4) is 5.69 Å². The number of pyridine rings is 1. The van der Waals surface area contributed by atoms with Gasteiger partial charge in [0, 0.05) is 25.8 Å². The van der Waals surface area contributed by atoms with E-state index in [1.54, 1.807) is 12.1 Å². The van der Waals surface area contributed by atoms with Crippen LogP contribution in [0.5, 0.6) is 0 Å². The van der Waals surface area contributed by atoms with E-state index in [1.165, 1.54) is 35.2 Å². The van der Waals surface area contributed by atoms with Crippen molar-refractivity contribution in [3.05, 3.63) is 41.1 Å². The van der Waals surface area contributed by atoms with Crippen molar-refractivity contribution in [3.63, 3.8) is 0 Å². The second-order valence-electron chi connectivity index (χ2n) is 5.00. The lowest BCUT2D eigenvalue weighted by Crippen LogP contribution is -2.28. The van der Waals surface area contributed by atoms with Crippen LogP contribution in [0.15, 0.2) is 30.7 Å². The van der Waals surface area contributed by atoms with Gasteiger partial charge in [0.2, 0.25) is 12.1 Å². The van der Waals surface area contributed by atoms with E-state index in [-0.39, 0.29) is 17.3 Å². The predicted molar refractivity (Wildman–Crippen MR) is 85.3 cm³/mol. The number of halogens is 1. The Bertz CT molecular complexity index is 834. The highest BCUT2D eigenvalue weighted by Crippen LogP contribution is 2.25. The summed E-state index contributed by atoms with van der Waals surface area (Å²) < 4.78 is 24.3. The minimum absolute atomic E-state index is 0.0708. The maximum atomic E-state index is 12.1. The molecular formula is C13H15ClN4O4S. The zero-order valence-electron chi connectivity index (χ0n) is 12.5. The lowest BCUT2D eigenvalue weighted by Gasteiger charge is -2.15. The van der Waals surface area contributed by atoms with Gasteiger partial charge in [0.05, 0.1) is 11.9 Å². The summed E-state index contributed by atoms with van der Waals surface area (Å²) in [7, 11) is -1.74. The summed E-state index contributed by atoms with van der Waals surface area (Å²) in [6.07, 6.45) is 5.05. The average molecular weight is 359 g/mol. The first-order valence-corrected chi connectivity index (χ1v) is 9.00. The van der Waals surface area contributed by atoms with Gasteiger partial charge in [-0.15, -0.1) is 0 Å². The number of sulfone groups is 1. The molecule has 0 radical (unpaired) electrons. The molecule has 0 saturated carbocycles. The minimum atomic E-state index is -3.23. The van der Waals surface area contributed by atoms with E-state index < -0.39 is 15.7 Å². The molecule has 0 atom stereocenters. The predicted octanol–water partition coefficient (Wildman–Crippen LogP) is 0.557. The van der Waals surface area contributed by atoms with Crippen molar-refractivity contribution in [1.29, 1.82) is 0 Å². The van der Waals surface area contributed by atoms with Crippen molar-refractivity contribution in [2.75, 3.05) is 24.0 Å². The van der Waals surface area contributed by atoms with E-state index in [0.29, 0.717) is 16.1 Å². The van der Waals surface area contributed by atoms with Gasteiger partial charge in [0.25, 0.3) is 0 Å². The molecule has 1 amide bonds. The van der Waals surface area contributed by atoms with Crippen molar-refractivity contribution in [2.45, 2.75) is 6.42 Å². The molecule has 0 bridgehead atoms. The molecule has 10 heteroatoms. The molecule has 0 fully saturated rings. The Balaban J connectivity index is 2.22. The monoisotopic (exact) mass is 358 g/mol. The van der Waals surface area contributed by atoms with Crippen LogP contribution < -0.4 is 9.63 Å². The molecule has 0 aliphatic carbocycles. The maximum absolute atomic E-state index is 12.1. The van der Waals surface area contributed by atoms with Crippen LogP contribution in [0.25, 0.3) is 5.69 Å². The van der Waals surface area contributed by atoms with Crippen LogP contribution in [0.4, 0.5) is 5.69 Å². The fourth-order valence-electron chi connectivity index (χ4n) is 1.85. The SMILES string of the molecule is CN(C(=O)CCS(C)(=O)=O)c1cn(-c2ccc[n+]([O-])c2)nc1Cl. The first-order chi connectivity index (χ1) is 10.7. The Hall–Kier alpha value is -2.13. The van der Waals surface area contributed by atoms with Crippen LogP contribution in [0.2, 0.25) is 5.15 Å². The fourth-order valence-corrected chi connectivity index (χ4v) is 2.66. The molecule has 0 aromatic carbocycles. The molecule has 2 aromatic heterocycles. The number of anilines is 1. The molecule has 8 nitrogen and oxygen atoms in total. The van der Waals surface area contributed by atoms with E-state index in [0.717, 1.165) is 6.26 Å². The van der Waals surface area contributed by atoms with Gasteiger partial charge < -0.3 is 10.1 Å². The lowest BCUT2D eigenvalue weighted by molar-refractivity contribution is -0.605. The summed E-state index contributed by atoms with van der Waals surface area (Å²) >= 11 is 6.03. The molecule has 0 unspecified atom stereocenters. The third-order valence-electron chi connectivity index (χ3n) is 3.10. The maximum Gasteiger partial charge on any atom is 0.227 e. The number of hydrogen-bond donors (Lipinski definition) is 0. The molecule has 124 valence electrons. The summed E-state index contributed by atoms with van der Waals surface area (Å²) in [4.78, 5) is 13.3. The van der Waals surface area contributed by atoms with Crippen LogP contribution in [0.3, 0.4) is 0 Å². The number of carbonyl (C=O) groups excluding carboxylic acids is 1. The fraction of sp³-hybridized carbons (Fsp3) is 0.308. The summed E-state index contributed by atoms with van der Waals surface area (Å²) in [5, 5.41) is 15.4. The van der Waals surface area contributed by atoms with Gasteiger partial charge >= 0.3 is 0 Å². The lowest BCUT2D eigenvalue weighted by atomic mass is 10.4. The van der Waals surface area contributed by atoms with Gasteiger partial charge in [-0.05, 0) is 6.07 Å². The number of amides is 1. The normalized spacial score (nSPS) is 11.4. The highest BCUT2D eigenvalue weighted by Gasteiger charge is 2.19. The number of hydrogen-bond acceptors (Lipinski definition) is 5. The van der Waals surface area contributed by atoms with Crippen molar-refractivity contribution in [1.82, 2.24) is 9.78 Å². The van der Waals surface area contributed by atoms with Crippen LogP contribution in [-0.4, -0.2) is 43.2 Å². The number of nitrogens with zero attached hydrogens (tertiary/aromatic N) is 4. The molecule has 0 spiro atoms. The van der Waals surface area contributed by atoms with Gasteiger partial charge in [-0.2, -0.15) is 9.83 Å². The van der Waals surface area contributed by atoms with Crippen molar-refractivity contribution in [2.24, 2.45) is 0 Å². The largest absolute Gasteiger partial charge is 0.619 e. The minimum Gasteiger partial charge on any atom is -0.619 e. The van der Waals surface area contributed by atoms with E-state index in [4.69, 9.17) is 11.6 Å². The third kappa shape index (κ3) is 4.42. The molecular weight excluding hydrogens is 344 g/mol. The van der Waals surface area contributed by atoms with Gasteiger partial charge in [-0.3, -0.25) is 4.79 Å². The standard InChI is InChI=1S/C13H15ClN4O4S/c1-16(12(19)5-7-23(2,21)22)11-9-18(15-13(11)14)10-4-3-6-17(20)8-10/h3-4,6,8-9H,5,7H2,1-2H3. The Labute approximate surface area is 138 Å². The summed E-state index contributed by atoms with van der Waals surface area (Å²) in [5.74, 6) is -0.639.